The second-order valence-corrected chi connectivity index (χ2v) is 4.91. The minimum atomic E-state index is -0.344. The van der Waals surface area contributed by atoms with Crippen LogP contribution in [0.25, 0.3) is 0 Å². The molecule has 0 amide bonds. The molecular weight excluding hydrogens is 222 g/mol. The van der Waals surface area contributed by atoms with Crippen molar-refractivity contribution in [1.82, 2.24) is 5.32 Å². The average molecular weight is 242 g/mol. The Balaban J connectivity index is 2.82. The van der Waals surface area contributed by atoms with E-state index in [2.05, 4.69) is 19.2 Å². The van der Waals surface area contributed by atoms with Gasteiger partial charge in [0.25, 0.3) is 0 Å². The topological polar surface area (TPSA) is 32.3 Å². The third-order valence-corrected chi connectivity index (χ3v) is 2.88. The normalized spacial score (nSPS) is 15.1. The molecule has 0 radical (unpaired) electrons. The maximum atomic E-state index is 9.30. The first kappa shape index (κ1) is 13.5. The Hall–Kier alpha value is -0.570. The third-order valence-electron chi connectivity index (χ3n) is 2.54. The number of aliphatic hydroxyl groups excluding tert-OH is 1. The van der Waals surface area contributed by atoms with E-state index in [-0.39, 0.29) is 12.1 Å². The molecule has 0 fully saturated rings. The summed E-state index contributed by atoms with van der Waals surface area (Å²) in [6, 6.07) is 8.03. The minimum absolute atomic E-state index is 0.184. The summed E-state index contributed by atoms with van der Waals surface area (Å²) in [5.41, 5.74) is 1.10. The van der Waals surface area contributed by atoms with Crippen LogP contribution in [-0.4, -0.2) is 17.8 Å². The molecule has 3 heteroatoms. The predicted molar refractivity (Wildman–Crippen MR) is 68.7 cm³/mol. The third kappa shape index (κ3) is 3.78. The van der Waals surface area contributed by atoms with Crippen LogP contribution in [-0.2, 0) is 0 Å². The molecule has 0 aliphatic rings. The molecule has 2 N–H and O–H groups in total. The van der Waals surface area contributed by atoms with Gasteiger partial charge in [-0.15, -0.1) is 0 Å². The summed E-state index contributed by atoms with van der Waals surface area (Å²) >= 11 is 6.18. The number of benzene rings is 1. The van der Waals surface area contributed by atoms with E-state index in [1.807, 2.05) is 24.3 Å². The Bertz CT molecular complexity index is 325. The van der Waals surface area contributed by atoms with Crippen molar-refractivity contribution in [3.05, 3.63) is 34.9 Å². The van der Waals surface area contributed by atoms with Crippen molar-refractivity contribution in [3.63, 3.8) is 0 Å². The van der Waals surface area contributed by atoms with Gasteiger partial charge in [-0.2, -0.15) is 0 Å². The van der Waals surface area contributed by atoms with E-state index < -0.39 is 0 Å². The second-order valence-electron chi connectivity index (χ2n) is 4.50. The number of rotatable bonds is 5. The number of aliphatic hydroxyl groups is 1. The second kappa shape index (κ2) is 6.24. The summed E-state index contributed by atoms with van der Waals surface area (Å²) in [7, 11) is 0. The summed E-state index contributed by atoms with van der Waals surface area (Å²) in [6.07, 6.45) is -0.344. The molecule has 0 saturated carbocycles. The molecule has 0 saturated heterocycles. The van der Waals surface area contributed by atoms with Crippen molar-refractivity contribution in [2.24, 2.45) is 5.92 Å². The van der Waals surface area contributed by atoms with Crippen LogP contribution >= 0.6 is 11.6 Å². The van der Waals surface area contributed by atoms with Gasteiger partial charge >= 0.3 is 0 Å². The van der Waals surface area contributed by atoms with Gasteiger partial charge < -0.3 is 10.4 Å². The number of hydrogen-bond acceptors (Lipinski definition) is 2. The summed E-state index contributed by atoms with van der Waals surface area (Å²) in [5.74, 6) is 0.429. The van der Waals surface area contributed by atoms with Gasteiger partial charge in [0.15, 0.2) is 0 Å². The molecule has 0 aliphatic heterocycles. The van der Waals surface area contributed by atoms with Crippen molar-refractivity contribution >= 4 is 11.6 Å². The lowest BCUT2D eigenvalue weighted by Gasteiger charge is -2.24. The van der Waals surface area contributed by atoms with Gasteiger partial charge in [-0.05, 0) is 24.5 Å². The van der Waals surface area contributed by atoms with Gasteiger partial charge in [0, 0.05) is 17.6 Å². The van der Waals surface area contributed by atoms with E-state index in [0.717, 1.165) is 10.6 Å². The highest BCUT2D eigenvalue weighted by molar-refractivity contribution is 6.31. The maximum absolute atomic E-state index is 9.30. The quantitative estimate of drug-likeness (QED) is 0.831. The van der Waals surface area contributed by atoms with E-state index in [1.54, 1.807) is 6.92 Å². The largest absolute Gasteiger partial charge is 0.392 e. The molecule has 2 unspecified atom stereocenters. The highest BCUT2D eigenvalue weighted by atomic mass is 35.5. The molecule has 1 aromatic carbocycles. The lowest BCUT2D eigenvalue weighted by Crippen LogP contribution is -2.31. The van der Waals surface area contributed by atoms with E-state index in [1.165, 1.54) is 0 Å². The summed E-state index contributed by atoms with van der Waals surface area (Å²) in [5, 5.41) is 13.4. The van der Waals surface area contributed by atoms with E-state index in [4.69, 9.17) is 11.6 Å². The Kier molecular flexibility index (Phi) is 5.26. The molecule has 0 aliphatic carbocycles. The van der Waals surface area contributed by atoms with Gasteiger partial charge in [-0.1, -0.05) is 43.6 Å². The zero-order valence-corrected chi connectivity index (χ0v) is 10.8. The Morgan fingerprint density at radius 2 is 1.88 bits per heavy atom. The SMILES string of the molecule is CC(O)CNC(c1ccccc1Cl)C(C)C. The predicted octanol–water partition coefficient (Wildman–Crippen LogP) is 3.01. The van der Waals surface area contributed by atoms with Gasteiger partial charge in [-0.25, -0.2) is 0 Å². The first-order chi connectivity index (χ1) is 7.52. The average Bonchev–Trinajstić information content (AvgIpc) is 2.20. The summed E-state index contributed by atoms with van der Waals surface area (Å²) in [6.45, 7) is 6.64. The molecule has 1 rings (SSSR count). The smallest absolute Gasteiger partial charge is 0.0636 e. The summed E-state index contributed by atoms with van der Waals surface area (Å²) in [4.78, 5) is 0. The molecule has 2 nitrogen and oxygen atoms in total. The molecule has 0 heterocycles. The zero-order valence-electron chi connectivity index (χ0n) is 10.1. The minimum Gasteiger partial charge on any atom is -0.392 e. The van der Waals surface area contributed by atoms with Crippen LogP contribution in [0.15, 0.2) is 24.3 Å². The Labute approximate surface area is 103 Å². The van der Waals surface area contributed by atoms with Crippen molar-refractivity contribution in [3.8, 4) is 0 Å². The first-order valence-electron chi connectivity index (χ1n) is 5.68. The standard InChI is InChI=1S/C13H20ClNO/c1-9(2)13(15-8-10(3)16)11-6-4-5-7-12(11)14/h4-7,9-10,13,15-16H,8H2,1-3H3. The molecular formula is C13H20ClNO. The van der Waals surface area contributed by atoms with Crippen molar-refractivity contribution in [1.29, 1.82) is 0 Å². The van der Waals surface area contributed by atoms with Crippen molar-refractivity contribution in [2.75, 3.05) is 6.54 Å². The highest BCUT2D eigenvalue weighted by Gasteiger charge is 2.17. The lowest BCUT2D eigenvalue weighted by atomic mass is 9.96. The highest BCUT2D eigenvalue weighted by Crippen LogP contribution is 2.27. The molecule has 1 aromatic rings. The fourth-order valence-electron chi connectivity index (χ4n) is 1.73. The van der Waals surface area contributed by atoms with Crippen LogP contribution in [0, 0.1) is 5.92 Å². The lowest BCUT2D eigenvalue weighted by molar-refractivity contribution is 0.181. The fourth-order valence-corrected chi connectivity index (χ4v) is 1.98. The van der Waals surface area contributed by atoms with Crippen LogP contribution in [0.5, 0.6) is 0 Å². The van der Waals surface area contributed by atoms with Crippen LogP contribution in [0.2, 0.25) is 5.02 Å². The van der Waals surface area contributed by atoms with Gasteiger partial charge in [-0.3, -0.25) is 0 Å². The van der Waals surface area contributed by atoms with E-state index in [9.17, 15) is 5.11 Å². The molecule has 0 aromatic heterocycles. The van der Waals surface area contributed by atoms with E-state index >= 15 is 0 Å². The van der Waals surface area contributed by atoms with Crippen LogP contribution in [0.3, 0.4) is 0 Å². The fraction of sp³-hybridized carbons (Fsp3) is 0.538. The maximum Gasteiger partial charge on any atom is 0.0636 e. The molecule has 16 heavy (non-hydrogen) atoms. The Morgan fingerprint density at radius 3 is 2.38 bits per heavy atom. The zero-order chi connectivity index (χ0) is 12.1. The van der Waals surface area contributed by atoms with Gasteiger partial charge in [0.2, 0.25) is 0 Å². The molecule has 0 spiro atoms. The van der Waals surface area contributed by atoms with Crippen molar-refractivity contribution < 1.29 is 5.11 Å². The molecule has 0 bridgehead atoms. The van der Waals surface area contributed by atoms with Crippen LogP contribution < -0.4 is 5.32 Å². The van der Waals surface area contributed by atoms with Gasteiger partial charge in [0.1, 0.15) is 0 Å². The Morgan fingerprint density at radius 1 is 1.25 bits per heavy atom. The van der Waals surface area contributed by atoms with Crippen molar-refractivity contribution in [2.45, 2.75) is 32.9 Å². The first-order valence-corrected chi connectivity index (χ1v) is 6.06. The monoisotopic (exact) mass is 241 g/mol. The molecule has 2 atom stereocenters. The number of halogens is 1. The van der Waals surface area contributed by atoms with Crippen LogP contribution in [0.1, 0.15) is 32.4 Å². The summed E-state index contributed by atoms with van der Waals surface area (Å²) < 4.78 is 0. The number of hydrogen-bond donors (Lipinski definition) is 2. The van der Waals surface area contributed by atoms with E-state index in [0.29, 0.717) is 12.5 Å². The van der Waals surface area contributed by atoms with Crippen LogP contribution in [0.4, 0.5) is 0 Å². The number of nitrogens with one attached hydrogen (secondary N) is 1. The van der Waals surface area contributed by atoms with Gasteiger partial charge in [0.05, 0.1) is 6.10 Å². The molecule has 90 valence electrons.